The first-order valence-electron chi connectivity index (χ1n) is 23.1. The van der Waals surface area contributed by atoms with Gasteiger partial charge in [-0.3, -0.25) is 43.2 Å². The van der Waals surface area contributed by atoms with Crippen molar-refractivity contribution in [2.24, 2.45) is 23.5 Å². The molecule has 0 aliphatic rings. The second-order valence-electron chi connectivity index (χ2n) is 18.3. The number of aliphatic carboxylic acids is 2. The third kappa shape index (κ3) is 20.4. The highest BCUT2D eigenvalue weighted by Gasteiger charge is 2.36. The first-order valence-corrected chi connectivity index (χ1v) is 23.7. The largest absolute Gasteiger partial charge is 0.508 e. The van der Waals surface area contributed by atoms with Crippen molar-refractivity contribution >= 4 is 71.8 Å². The van der Waals surface area contributed by atoms with E-state index in [9.17, 15) is 73.5 Å². The number of phenolic OH excluding ortho intramolecular Hbond substituents is 2. The molecule has 0 radical (unpaired) electrons. The third-order valence-electron chi connectivity index (χ3n) is 10.9. The molecule has 15 N–H and O–H groups in total. The molecule has 0 fully saturated rings. The maximum Gasteiger partial charge on any atom is 0.326 e. The number of carbonyl (C=O) groups excluding carboxylic acids is 8. The molecule has 2 aromatic carbocycles. The molecule has 9 atom stereocenters. The normalized spacial score (nSPS) is 15.0. The number of amides is 8. The maximum atomic E-state index is 14.0. The van der Waals surface area contributed by atoms with Gasteiger partial charge in [-0.15, -0.1) is 0 Å². The summed E-state index contributed by atoms with van der Waals surface area (Å²) in [5, 5.41) is 68.7. The van der Waals surface area contributed by atoms with Gasteiger partial charge in [0.25, 0.3) is 0 Å². The molecular weight excluding hydrogens is 963 g/mol. The van der Waals surface area contributed by atoms with E-state index in [1.54, 1.807) is 41.5 Å². The van der Waals surface area contributed by atoms with Gasteiger partial charge in [-0.05, 0) is 66.5 Å². The fraction of sp³-hybridized carbons (Fsp3) is 0.532. The fourth-order valence-electron chi connectivity index (χ4n) is 6.84. The number of aliphatic hydroxyl groups is 1. The highest BCUT2D eigenvalue weighted by molar-refractivity contribution is 7.80. The SMILES string of the molecule is CC(C)C[C@H](NC(=O)[C@@H](NC(=O)[C@H](CO)NC(=O)[C@H](Cc1ccc(O)cc1)NC(=O)[C@H](CC(=O)O)NC(=O)[C@H](C)NC(=O)[C@@H](NC(=O)[C@@H](N)CS)C(C)C)C(C)C)C(=O)N[C@@H](Cc1ccc(O)cc1)C(=O)O. The van der Waals surface area contributed by atoms with Crippen molar-refractivity contribution < 1.29 is 73.5 Å². The Balaban J connectivity index is 2.33. The average Bonchev–Trinajstić information content (AvgIpc) is 3.30. The lowest BCUT2D eigenvalue weighted by Crippen LogP contribution is -2.62. The van der Waals surface area contributed by atoms with Crippen molar-refractivity contribution in [1.29, 1.82) is 0 Å². The van der Waals surface area contributed by atoms with Gasteiger partial charge in [-0.25, -0.2) is 4.79 Å². The van der Waals surface area contributed by atoms with Gasteiger partial charge < -0.3 is 73.8 Å². The Hall–Kier alpha value is -6.99. The van der Waals surface area contributed by atoms with E-state index in [0.717, 1.165) is 0 Å². The van der Waals surface area contributed by atoms with Gasteiger partial charge in [0.2, 0.25) is 47.3 Å². The van der Waals surface area contributed by atoms with E-state index >= 15 is 0 Å². The molecule has 0 aliphatic heterocycles. The van der Waals surface area contributed by atoms with Crippen LogP contribution in [0.25, 0.3) is 0 Å². The van der Waals surface area contributed by atoms with Crippen LogP contribution in [0.4, 0.5) is 0 Å². The summed E-state index contributed by atoms with van der Waals surface area (Å²) in [6.07, 6.45) is -1.48. The Morgan fingerprint density at radius 1 is 0.500 bits per heavy atom. The van der Waals surface area contributed by atoms with Gasteiger partial charge >= 0.3 is 11.9 Å². The Morgan fingerprint density at radius 2 is 0.889 bits per heavy atom. The van der Waals surface area contributed by atoms with Crippen LogP contribution in [0, 0.1) is 17.8 Å². The summed E-state index contributed by atoms with van der Waals surface area (Å²) in [7, 11) is 0. The van der Waals surface area contributed by atoms with E-state index in [1.807, 2.05) is 0 Å². The predicted octanol–water partition coefficient (Wildman–Crippen LogP) is -2.05. The van der Waals surface area contributed by atoms with Crippen LogP contribution in [0.5, 0.6) is 11.5 Å². The van der Waals surface area contributed by atoms with Crippen LogP contribution in [0.15, 0.2) is 48.5 Å². The topological polar surface area (TPSA) is 394 Å². The van der Waals surface area contributed by atoms with E-state index in [2.05, 4.69) is 55.2 Å². The van der Waals surface area contributed by atoms with E-state index in [4.69, 9.17) is 5.73 Å². The van der Waals surface area contributed by atoms with Gasteiger partial charge in [0.15, 0.2) is 0 Å². The third-order valence-corrected chi connectivity index (χ3v) is 11.3. The summed E-state index contributed by atoms with van der Waals surface area (Å²) in [6.45, 7) is 10.1. The quantitative estimate of drug-likeness (QED) is 0.0390. The van der Waals surface area contributed by atoms with Crippen molar-refractivity contribution in [3.05, 3.63) is 59.7 Å². The highest BCUT2D eigenvalue weighted by atomic mass is 32.1. The van der Waals surface area contributed by atoms with Crippen LogP contribution in [-0.4, -0.2) is 151 Å². The molecule has 0 heterocycles. The van der Waals surface area contributed by atoms with Gasteiger partial charge in [-0.2, -0.15) is 12.6 Å². The number of carboxylic acid groups (broad SMARTS) is 2. The van der Waals surface area contributed by atoms with Crippen molar-refractivity contribution in [2.75, 3.05) is 12.4 Å². The molecule has 8 amide bonds. The van der Waals surface area contributed by atoms with Crippen LogP contribution in [-0.2, 0) is 60.8 Å². The summed E-state index contributed by atoms with van der Waals surface area (Å²) in [4.78, 5) is 132. The predicted molar refractivity (Wildman–Crippen MR) is 263 cm³/mol. The molecule has 0 saturated carbocycles. The number of thiol groups is 1. The lowest BCUT2D eigenvalue weighted by molar-refractivity contribution is -0.142. The summed E-state index contributed by atoms with van der Waals surface area (Å²) in [6, 6.07) is -1.98. The summed E-state index contributed by atoms with van der Waals surface area (Å²) < 4.78 is 0. The average molecular weight is 1030 g/mol. The monoisotopic (exact) mass is 1030 g/mol. The first kappa shape index (κ1) is 61.1. The molecule has 0 aliphatic carbocycles. The molecule has 25 heteroatoms. The van der Waals surface area contributed by atoms with E-state index in [0.29, 0.717) is 11.1 Å². The second-order valence-corrected chi connectivity index (χ2v) is 18.6. The van der Waals surface area contributed by atoms with Crippen LogP contribution in [0.1, 0.15) is 72.4 Å². The van der Waals surface area contributed by atoms with Crippen molar-refractivity contribution in [3.8, 4) is 11.5 Å². The summed E-state index contributed by atoms with van der Waals surface area (Å²) in [5.74, 6) is -12.1. The number of nitrogens with one attached hydrogen (secondary N) is 8. The molecule has 0 bridgehead atoms. The summed E-state index contributed by atoms with van der Waals surface area (Å²) >= 11 is 3.98. The summed E-state index contributed by atoms with van der Waals surface area (Å²) in [5.41, 5.74) is 6.54. The van der Waals surface area contributed by atoms with Gasteiger partial charge in [0.1, 0.15) is 59.8 Å². The smallest absolute Gasteiger partial charge is 0.326 e. The van der Waals surface area contributed by atoms with Crippen molar-refractivity contribution in [1.82, 2.24) is 42.5 Å². The number of nitrogens with two attached hydrogens (primary N) is 1. The van der Waals surface area contributed by atoms with E-state index < -0.39 is 138 Å². The zero-order chi connectivity index (χ0) is 54.6. The highest BCUT2D eigenvalue weighted by Crippen LogP contribution is 2.15. The lowest BCUT2D eigenvalue weighted by atomic mass is 9.99. The van der Waals surface area contributed by atoms with Crippen molar-refractivity contribution in [3.63, 3.8) is 0 Å². The number of hydrogen-bond donors (Lipinski definition) is 15. The Labute approximate surface area is 422 Å². The minimum Gasteiger partial charge on any atom is -0.508 e. The zero-order valence-electron chi connectivity index (χ0n) is 41.1. The molecule has 2 aromatic rings. The number of phenols is 2. The molecule has 0 unspecified atom stereocenters. The zero-order valence-corrected chi connectivity index (χ0v) is 42.0. The molecule has 0 saturated heterocycles. The number of aliphatic hydroxyl groups excluding tert-OH is 1. The lowest BCUT2D eigenvalue weighted by Gasteiger charge is -2.29. The Kier molecular flexibility index (Phi) is 24.9. The second kappa shape index (κ2) is 29.4. The molecule has 0 spiro atoms. The Morgan fingerprint density at radius 3 is 1.33 bits per heavy atom. The van der Waals surface area contributed by atoms with Crippen molar-refractivity contribution in [2.45, 2.75) is 129 Å². The standard InChI is InChI=1S/C47H69N9O15S/c1-22(2)16-31(41(64)53-34(47(70)71)18-27-10-14-29(59)15-11-27)52-46(69)38(24(5)6)56-44(67)35(20-57)54-42(65)32(17-26-8-12-28(58)13-9-26)51-43(66)33(19-36(60)61)50-39(62)25(7)49-45(68)37(23(3)4)55-40(63)30(48)21-72/h8-15,22-25,30-35,37-38,57-59,72H,16-21,48H2,1-7H3,(H,49,68)(H,50,62)(H,51,66)(H,52,69)(H,53,64)(H,54,65)(H,55,63)(H,56,67)(H,60,61)(H,70,71)/t25-,30-,31-,32-,33-,34-,35-,37-,38-/m0/s1. The number of aromatic hydroxyl groups is 2. The number of hydrogen-bond acceptors (Lipinski definition) is 15. The minimum absolute atomic E-state index is 0.0198. The van der Waals surface area contributed by atoms with Crippen LogP contribution >= 0.6 is 12.6 Å². The number of benzene rings is 2. The van der Waals surface area contributed by atoms with E-state index in [1.165, 1.54) is 55.5 Å². The van der Waals surface area contributed by atoms with Gasteiger partial charge in [0.05, 0.1) is 19.1 Å². The molecule has 2 rings (SSSR count). The molecular formula is C47H69N9O15S. The number of carbonyl (C=O) groups is 10. The van der Waals surface area contributed by atoms with Crippen LogP contribution in [0.2, 0.25) is 0 Å². The van der Waals surface area contributed by atoms with Gasteiger partial charge in [0, 0.05) is 18.6 Å². The first-order chi connectivity index (χ1) is 33.7. The minimum atomic E-state index is -1.86. The van der Waals surface area contributed by atoms with Crippen LogP contribution in [0.3, 0.4) is 0 Å². The van der Waals surface area contributed by atoms with Gasteiger partial charge in [-0.1, -0.05) is 65.8 Å². The number of carboxylic acids is 2. The maximum absolute atomic E-state index is 14.0. The molecule has 0 aromatic heterocycles. The number of rotatable bonds is 29. The molecule has 398 valence electrons. The fourth-order valence-corrected chi connectivity index (χ4v) is 7.00. The molecule has 24 nitrogen and oxygen atoms in total. The molecule has 72 heavy (non-hydrogen) atoms. The Bertz CT molecular complexity index is 2210. The van der Waals surface area contributed by atoms with E-state index in [-0.39, 0.29) is 42.4 Å². The van der Waals surface area contributed by atoms with Crippen LogP contribution < -0.4 is 48.3 Å².